The Morgan fingerprint density at radius 3 is 2.95 bits per heavy atom. The summed E-state index contributed by atoms with van der Waals surface area (Å²) in [5.74, 6) is -0.872. The van der Waals surface area contributed by atoms with E-state index in [0.717, 1.165) is 12.1 Å². The number of fused-ring (bicyclic) bond motifs is 1. The maximum absolute atomic E-state index is 12.0. The van der Waals surface area contributed by atoms with Crippen molar-refractivity contribution in [2.75, 3.05) is 13.1 Å². The molecule has 0 saturated carbocycles. The van der Waals surface area contributed by atoms with Crippen LogP contribution < -0.4 is 5.56 Å². The van der Waals surface area contributed by atoms with Gasteiger partial charge in [0, 0.05) is 23.7 Å². The van der Waals surface area contributed by atoms with Gasteiger partial charge in [0.15, 0.2) is 4.96 Å². The van der Waals surface area contributed by atoms with Gasteiger partial charge in [0.05, 0.1) is 12.2 Å². The van der Waals surface area contributed by atoms with Crippen LogP contribution >= 0.6 is 11.3 Å². The number of aromatic nitrogens is 2. The Bertz CT molecular complexity index is 677. The summed E-state index contributed by atoms with van der Waals surface area (Å²) in [5.41, 5.74) is 1.37. The second-order valence-electron chi connectivity index (χ2n) is 4.69. The molecule has 7 heteroatoms. The van der Waals surface area contributed by atoms with E-state index < -0.39 is 5.97 Å². The van der Waals surface area contributed by atoms with Crippen LogP contribution in [0.2, 0.25) is 0 Å². The van der Waals surface area contributed by atoms with E-state index in [2.05, 4.69) is 4.98 Å². The molecular formula is C13H17N3O3S. The zero-order chi connectivity index (χ0) is 14.7. The molecule has 0 radical (unpaired) electrons. The summed E-state index contributed by atoms with van der Waals surface area (Å²) in [6, 6.07) is 1.48. The molecule has 0 spiro atoms. The summed E-state index contributed by atoms with van der Waals surface area (Å²) < 4.78 is 1.57. The summed E-state index contributed by atoms with van der Waals surface area (Å²) in [7, 11) is 0. The Morgan fingerprint density at radius 2 is 2.30 bits per heavy atom. The smallest absolute Gasteiger partial charge is 0.317 e. The lowest BCUT2D eigenvalue weighted by atomic mass is 10.3. The van der Waals surface area contributed by atoms with E-state index in [1.54, 1.807) is 9.30 Å². The Labute approximate surface area is 120 Å². The summed E-state index contributed by atoms with van der Waals surface area (Å²) in [5, 5.41) is 10.8. The summed E-state index contributed by atoms with van der Waals surface area (Å²) >= 11 is 1.41. The van der Waals surface area contributed by atoms with Crippen molar-refractivity contribution in [1.82, 2.24) is 14.3 Å². The number of hydrogen-bond donors (Lipinski definition) is 1. The maximum Gasteiger partial charge on any atom is 0.317 e. The molecule has 2 aromatic heterocycles. The van der Waals surface area contributed by atoms with Crippen molar-refractivity contribution in [1.29, 1.82) is 0 Å². The fourth-order valence-electron chi connectivity index (χ4n) is 2.13. The lowest BCUT2D eigenvalue weighted by Crippen LogP contribution is -2.31. The Morgan fingerprint density at radius 1 is 1.55 bits per heavy atom. The largest absolute Gasteiger partial charge is 0.480 e. The number of aryl methyl sites for hydroxylation is 1. The van der Waals surface area contributed by atoms with Crippen LogP contribution in [0.3, 0.4) is 0 Å². The molecule has 0 aromatic carbocycles. The first-order valence-corrected chi connectivity index (χ1v) is 7.30. The summed E-state index contributed by atoms with van der Waals surface area (Å²) in [6.07, 6.45) is 0.854. The van der Waals surface area contributed by atoms with Crippen molar-refractivity contribution in [3.63, 3.8) is 0 Å². The fraction of sp³-hybridized carbons (Fsp3) is 0.462. The van der Waals surface area contributed by atoms with Crippen LogP contribution in [0.4, 0.5) is 0 Å². The molecule has 0 fully saturated rings. The highest BCUT2D eigenvalue weighted by molar-refractivity contribution is 7.15. The van der Waals surface area contributed by atoms with Crippen LogP contribution in [0.25, 0.3) is 4.96 Å². The van der Waals surface area contributed by atoms with Gasteiger partial charge in [0.1, 0.15) is 0 Å². The van der Waals surface area contributed by atoms with Gasteiger partial charge in [-0.3, -0.25) is 18.9 Å². The minimum Gasteiger partial charge on any atom is -0.480 e. The highest BCUT2D eigenvalue weighted by Gasteiger charge is 2.12. The van der Waals surface area contributed by atoms with Gasteiger partial charge in [-0.05, 0) is 19.9 Å². The minimum atomic E-state index is -0.872. The standard InChI is InChI=1S/C13H17N3O3S/c1-3-4-15(7-12(18)19)6-10-5-11(17)16-9(2)8-20-13(16)14-10/h5,8H,3-4,6-7H2,1-2H3,(H,18,19). The second-order valence-corrected chi connectivity index (χ2v) is 5.52. The van der Waals surface area contributed by atoms with Crippen molar-refractivity contribution in [2.45, 2.75) is 26.8 Å². The summed E-state index contributed by atoms with van der Waals surface area (Å²) in [6.45, 7) is 4.85. The molecule has 20 heavy (non-hydrogen) atoms. The molecule has 0 saturated heterocycles. The van der Waals surface area contributed by atoms with Crippen LogP contribution in [-0.2, 0) is 11.3 Å². The molecule has 0 aliphatic heterocycles. The molecule has 2 heterocycles. The number of hydrogen-bond acceptors (Lipinski definition) is 5. The molecule has 0 bridgehead atoms. The quantitative estimate of drug-likeness (QED) is 0.871. The van der Waals surface area contributed by atoms with Crippen LogP contribution in [0.15, 0.2) is 16.2 Å². The first-order chi connectivity index (χ1) is 9.51. The normalized spacial score (nSPS) is 11.3. The highest BCUT2D eigenvalue weighted by Crippen LogP contribution is 2.12. The SMILES string of the molecule is CCCN(CC(=O)O)Cc1cc(=O)n2c(C)csc2n1. The molecule has 2 rings (SSSR count). The Hall–Kier alpha value is -1.73. The monoisotopic (exact) mass is 295 g/mol. The summed E-state index contributed by atoms with van der Waals surface area (Å²) in [4.78, 5) is 29.7. The van der Waals surface area contributed by atoms with Crippen LogP contribution in [-0.4, -0.2) is 38.4 Å². The van der Waals surface area contributed by atoms with Crippen molar-refractivity contribution in [2.24, 2.45) is 0 Å². The zero-order valence-corrected chi connectivity index (χ0v) is 12.3. The molecule has 0 unspecified atom stereocenters. The van der Waals surface area contributed by atoms with Crippen molar-refractivity contribution >= 4 is 22.3 Å². The molecule has 0 atom stereocenters. The number of thiazole rings is 1. The number of nitrogens with zero attached hydrogens (tertiary/aromatic N) is 3. The van der Waals surface area contributed by atoms with Crippen molar-refractivity contribution in [3.05, 3.63) is 33.2 Å². The van der Waals surface area contributed by atoms with E-state index in [-0.39, 0.29) is 12.1 Å². The van der Waals surface area contributed by atoms with Gasteiger partial charge >= 0.3 is 5.97 Å². The molecule has 2 aromatic rings. The molecule has 0 amide bonds. The van der Waals surface area contributed by atoms with E-state index in [0.29, 0.717) is 23.7 Å². The van der Waals surface area contributed by atoms with E-state index in [9.17, 15) is 9.59 Å². The van der Waals surface area contributed by atoms with Crippen LogP contribution in [0.1, 0.15) is 24.7 Å². The predicted octanol–water partition coefficient (Wildman–Crippen LogP) is 1.36. The lowest BCUT2D eigenvalue weighted by Gasteiger charge is -2.18. The number of rotatable bonds is 6. The average Bonchev–Trinajstić information content (AvgIpc) is 2.70. The van der Waals surface area contributed by atoms with Crippen LogP contribution in [0, 0.1) is 6.92 Å². The fourth-order valence-corrected chi connectivity index (χ4v) is 3.02. The van der Waals surface area contributed by atoms with E-state index in [1.165, 1.54) is 17.4 Å². The lowest BCUT2D eigenvalue weighted by molar-refractivity contribution is -0.138. The average molecular weight is 295 g/mol. The Balaban J connectivity index is 2.28. The molecule has 108 valence electrons. The maximum atomic E-state index is 12.0. The first-order valence-electron chi connectivity index (χ1n) is 6.42. The van der Waals surface area contributed by atoms with Gasteiger partial charge in [-0.2, -0.15) is 0 Å². The van der Waals surface area contributed by atoms with Gasteiger partial charge in [-0.1, -0.05) is 6.92 Å². The molecular weight excluding hydrogens is 278 g/mol. The third-order valence-electron chi connectivity index (χ3n) is 2.91. The van der Waals surface area contributed by atoms with Gasteiger partial charge in [-0.25, -0.2) is 4.98 Å². The topological polar surface area (TPSA) is 74.9 Å². The van der Waals surface area contributed by atoms with E-state index in [4.69, 9.17) is 5.11 Å². The third kappa shape index (κ3) is 3.23. The molecule has 0 aliphatic rings. The second kappa shape index (κ2) is 6.15. The predicted molar refractivity (Wildman–Crippen MR) is 77.3 cm³/mol. The number of carboxylic acids is 1. The van der Waals surface area contributed by atoms with Crippen LogP contribution in [0.5, 0.6) is 0 Å². The minimum absolute atomic E-state index is 0.0433. The highest BCUT2D eigenvalue weighted by atomic mass is 32.1. The van der Waals surface area contributed by atoms with Crippen molar-refractivity contribution in [3.8, 4) is 0 Å². The third-order valence-corrected chi connectivity index (χ3v) is 3.86. The number of carboxylic acid groups (broad SMARTS) is 1. The van der Waals surface area contributed by atoms with Gasteiger partial charge < -0.3 is 5.11 Å². The molecule has 6 nitrogen and oxygen atoms in total. The Kier molecular flexibility index (Phi) is 4.51. The van der Waals surface area contributed by atoms with Crippen molar-refractivity contribution < 1.29 is 9.90 Å². The zero-order valence-electron chi connectivity index (χ0n) is 11.5. The molecule has 1 N–H and O–H groups in total. The van der Waals surface area contributed by atoms with E-state index in [1.807, 2.05) is 19.2 Å². The molecule has 0 aliphatic carbocycles. The van der Waals surface area contributed by atoms with E-state index >= 15 is 0 Å². The van der Waals surface area contributed by atoms with Gasteiger partial charge in [0.25, 0.3) is 5.56 Å². The van der Waals surface area contributed by atoms with Gasteiger partial charge in [-0.15, -0.1) is 11.3 Å². The first kappa shape index (κ1) is 14.7. The van der Waals surface area contributed by atoms with Gasteiger partial charge in [0.2, 0.25) is 0 Å². The number of carbonyl (C=O) groups is 1. The number of aliphatic carboxylic acids is 1.